The minimum absolute atomic E-state index is 0.183. The standard InChI is InChI=1S/C12H17NO2/c1-3-15-12-9-10(5-4-8-13-2)6-7-11(12)14/h4-7,9,13-14H,3,8H2,1-2H3. The second-order valence-electron chi connectivity index (χ2n) is 3.12. The Kier molecular flexibility index (Phi) is 4.71. The molecule has 1 aromatic carbocycles. The highest BCUT2D eigenvalue weighted by atomic mass is 16.5. The molecular formula is C12H17NO2. The summed E-state index contributed by atoms with van der Waals surface area (Å²) in [5.41, 5.74) is 1.02. The molecule has 15 heavy (non-hydrogen) atoms. The van der Waals surface area contributed by atoms with Gasteiger partial charge in [0, 0.05) is 6.54 Å². The van der Waals surface area contributed by atoms with Crippen molar-refractivity contribution in [2.75, 3.05) is 20.2 Å². The molecule has 0 saturated carbocycles. The Morgan fingerprint density at radius 1 is 1.47 bits per heavy atom. The van der Waals surface area contributed by atoms with Gasteiger partial charge in [-0.1, -0.05) is 18.2 Å². The van der Waals surface area contributed by atoms with Crippen molar-refractivity contribution in [3.63, 3.8) is 0 Å². The van der Waals surface area contributed by atoms with Crippen LogP contribution in [0.3, 0.4) is 0 Å². The maximum Gasteiger partial charge on any atom is 0.161 e. The Bertz CT molecular complexity index is 334. The largest absolute Gasteiger partial charge is 0.504 e. The van der Waals surface area contributed by atoms with Crippen molar-refractivity contribution in [1.82, 2.24) is 5.32 Å². The summed E-state index contributed by atoms with van der Waals surface area (Å²) >= 11 is 0. The summed E-state index contributed by atoms with van der Waals surface area (Å²) in [4.78, 5) is 0. The third-order valence-corrected chi connectivity index (χ3v) is 1.92. The van der Waals surface area contributed by atoms with Crippen LogP contribution >= 0.6 is 0 Å². The summed E-state index contributed by atoms with van der Waals surface area (Å²) in [5, 5.41) is 12.5. The Morgan fingerprint density at radius 2 is 2.27 bits per heavy atom. The number of likely N-dealkylation sites (N-methyl/N-ethyl adjacent to an activating group) is 1. The monoisotopic (exact) mass is 207 g/mol. The van der Waals surface area contributed by atoms with Crippen molar-refractivity contribution in [3.05, 3.63) is 29.8 Å². The molecule has 0 unspecified atom stereocenters. The minimum atomic E-state index is 0.183. The van der Waals surface area contributed by atoms with Crippen molar-refractivity contribution < 1.29 is 9.84 Å². The predicted molar refractivity (Wildman–Crippen MR) is 62.2 cm³/mol. The zero-order chi connectivity index (χ0) is 11.1. The van der Waals surface area contributed by atoms with Gasteiger partial charge in [0.15, 0.2) is 11.5 Å². The van der Waals surface area contributed by atoms with Crippen LogP contribution in [0.25, 0.3) is 6.08 Å². The molecule has 0 fully saturated rings. The fourth-order valence-corrected chi connectivity index (χ4v) is 1.22. The molecule has 0 aromatic heterocycles. The van der Waals surface area contributed by atoms with Gasteiger partial charge in [0.05, 0.1) is 6.61 Å². The van der Waals surface area contributed by atoms with E-state index < -0.39 is 0 Å². The molecular weight excluding hydrogens is 190 g/mol. The number of aromatic hydroxyl groups is 1. The molecule has 0 heterocycles. The molecule has 0 radical (unpaired) electrons. The zero-order valence-electron chi connectivity index (χ0n) is 9.16. The first-order valence-corrected chi connectivity index (χ1v) is 5.05. The van der Waals surface area contributed by atoms with Crippen LogP contribution < -0.4 is 10.1 Å². The maximum absolute atomic E-state index is 9.48. The lowest BCUT2D eigenvalue weighted by atomic mass is 10.2. The lowest BCUT2D eigenvalue weighted by molar-refractivity contribution is 0.318. The average Bonchev–Trinajstić information content (AvgIpc) is 2.23. The van der Waals surface area contributed by atoms with E-state index in [1.54, 1.807) is 6.07 Å². The molecule has 0 atom stereocenters. The summed E-state index contributed by atoms with van der Waals surface area (Å²) in [6.45, 7) is 3.27. The van der Waals surface area contributed by atoms with E-state index in [1.807, 2.05) is 38.3 Å². The molecule has 3 heteroatoms. The van der Waals surface area contributed by atoms with Crippen molar-refractivity contribution in [3.8, 4) is 11.5 Å². The van der Waals surface area contributed by atoms with Crippen LogP contribution in [0.5, 0.6) is 11.5 Å². The Hall–Kier alpha value is -1.48. The number of rotatable bonds is 5. The molecule has 0 aliphatic rings. The number of benzene rings is 1. The number of hydrogen-bond donors (Lipinski definition) is 2. The van der Waals surface area contributed by atoms with E-state index in [2.05, 4.69) is 5.32 Å². The van der Waals surface area contributed by atoms with Crippen molar-refractivity contribution >= 4 is 6.08 Å². The van der Waals surface area contributed by atoms with Gasteiger partial charge in [-0.05, 0) is 31.7 Å². The number of nitrogens with one attached hydrogen (secondary N) is 1. The van der Waals surface area contributed by atoms with Gasteiger partial charge in [-0.15, -0.1) is 0 Å². The van der Waals surface area contributed by atoms with Gasteiger partial charge in [-0.3, -0.25) is 0 Å². The van der Waals surface area contributed by atoms with E-state index >= 15 is 0 Å². The third kappa shape index (κ3) is 3.64. The third-order valence-electron chi connectivity index (χ3n) is 1.92. The van der Waals surface area contributed by atoms with Gasteiger partial charge >= 0.3 is 0 Å². The van der Waals surface area contributed by atoms with Crippen LogP contribution in [0, 0.1) is 0 Å². The van der Waals surface area contributed by atoms with Crippen LogP contribution in [-0.4, -0.2) is 25.3 Å². The van der Waals surface area contributed by atoms with Crippen LogP contribution in [0.2, 0.25) is 0 Å². The normalized spacial score (nSPS) is 10.8. The predicted octanol–water partition coefficient (Wildman–Crippen LogP) is 2.02. The fourth-order valence-electron chi connectivity index (χ4n) is 1.22. The molecule has 0 saturated heterocycles. The van der Waals surface area contributed by atoms with Gasteiger partial charge in [0.1, 0.15) is 0 Å². The van der Waals surface area contributed by atoms with Crippen molar-refractivity contribution in [2.45, 2.75) is 6.92 Å². The first-order chi connectivity index (χ1) is 7.27. The maximum atomic E-state index is 9.48. The zero-order valence-corrected chi connectivity index (χ0v) is 9.16. The topological polar surface area (TPSA) is 41.5 Å². The van der Waals surface area contributed by atoms with E-state index in [9.17, 15) is 5.11 Å². The van der Waals surface area contributed by atoms with Crippen LogP contribution in [0.15, 0.2) is 24.3 Å². The number of phenolic OH excluding ortho intramolecular Hbond substituents is 1. The first kappa shape index (κ1) is 11.6. The molecule has 1 rings (SSSR count). The molecule has 0 bridgehead atoms. The van der Waals surface area contributed by atoms with E-state index in [-0.39, 0.29) is 5.75 Å². The molecule has 82 valence electrons. The van der Waals surface area contributed by atoms with E-state index in [4.69, 9.17) is 4.74 Å². The fraction of sp³-hybridized carbons (Fsp3) is 0.333. The summed E-state index contributed by atoms with van der Waals surface area (Å²) in [6.07, 6.45) is 4.00. The molecule has 1 aromatic rings. The summed E-state index contributed by atoms with van der Waals surface area (Å²) in [7, 11) is 1.90. The van der Waals surface area contributed by atoms with Crippen molar-refractivity contribution in [1.29, 1.82) is 0 Å². The Balaban J connectivity index is 2.77. The number of hydrogen-bond acceptors (Lipinski definition) is 3. The van der Waals surface area contributed by atoms with Crippen molar-refractivity contribution in [2.24, 2.45) is 0 Å². The highest BCUT2D eigenvalue weighted by Crippen LogP contribution is 2.27. The highest BCUT2D eigenvalue weighted by Gasteiger charge is 2.00. The highest BCUT2D eigenvalue weighted by molar-refractivity contribution is 5.55. The van der Waals surface area contributed by atoms with Crippen LogP contribution in [0.4, 0.5) is 0 Å². The quantitative estimate of drug-likeness (QED) is 0.776. The first-order valence-electron chi connectivity index (χ1n) is 5.05. The summed E-state index contributed by atoms with van der Waals surface area (Å²) in [6, 6.07) is 5.32. The molecule has 0 aliphatic heterocycles. The smallest absolute Gasteiger partial charge is 0.161 e. The van der Waals surface area contributed by atoms with Gasteiger partial charge < -0.3 is 15.2 Å². The molecule has 2 N–H and O–H groups in total. The van der Waals surface area contributed by atoms with E-state index in [0.29, 0.717) is 12.4 Å². The second-order valence-corrected chi connectivity index (χ2v) is 3.12. The van der Waals surface area contributed by atoms with Gasteiger partial charge in [0.25, 0.3) is 0 Å². The SMILES string of the molecule is CCOc1cc(C=CCNC)ccc1O. The summed E-state index contributed by atoms with van der Waals surface area (Å²) in [5.74, 6) is 0.715. The van der Waals surface area contributed by atoms with Gasteiger partial charge in [-0.25, -0.2) is 0 Å². The number of phenols is 1. The number of ether oxygens (including phenoxy) is 1. The molecule has 3 nitrogen and oxygen atoms in total. The van der Waals surface area contributed by atoms with Crippen LogP contribution in [0.1, 0.15) is 12.5 Å². The lowest BCUT2D eigenvalue weighted by Crippen LogP contribution is -2.03. The van der Waals surface area contributed by atoms with E-state index in [1.165, 1.54) is 0 Å². The van der Waals surface area contributed by atoms with Gasteiger partial charge in [-0.2, -0.15) is 0 Å². The second kappa shape index (κ2) is 6.09. The minimum Gasteiger partial charge on any atom is -0.504 e. The lowest BCUT2D eigenvalue weighted by Gasteiger charge is -2.06. The van der Waals surface area contributed by atoms with Gasteiger partial charge in [0.2, 0.25) is 0 Å². The Labute approximate surface area is 90.4 Å². The summed E-state index contributed by atoms with van der Waals surface area (Å²) < 4.78 is 5.28. The molecule has 0 amide bonds. The molecule has 0 aliphatic carbocycles. The molecule has 0 spiro atoms. The van der Waals surface area contributed by atoms with E-state index in [0.717, 1.165) is 12.1 Å². The average molecular weight is 207 g/mol. The Morgan fingerprint density at radius 3 is 2.93 bits per heavy atom. The van der Waals surface area contributed by atoms with Crippen LogP contribution in [-0.2, 0) is 0 Å².